The van der Waals surface area contributed by atoms with Crippen molar-refractivity contribution in [1.29, 1.82) is 0 Å². The van der Waals surface area contributed by atoms with Crippen LogP contribution < -0.4 is 0 Å². The lowest BCUT2D eigenvalue weighted by atomic mass is 9.99. The van der Waals surface area contributed by atoms with E-state index >= 15 is 0 Å². The summed E-state index contributed by atoms with van der Waals surface area (Å²) in [4.78, 5) is 12.0. The highest BCUT2D eigenvalue weighted by Crippen LogP contribution is 2.38. The Balaban J connectivity index is 4.23. The van der Waals surface area contributed by atoms with E-state index in [1.807, 2.05) is 0 Å². The second-order valence-corrected chi connectivity index (χ2v) is 13.7. The van der Waals surface area contributed by atoms with Gasteiger partial charge in [-0.1, -0.05) is 60.8 Å². The van der Waals surface area contributed by atoms with E-state index in [1.54, 1.807) is 0 Å². The van der Waals surface area contributed by atoms with E-state index in [-0.39, 0.29) is 5.04 Å². The SMILES string of the molecule is CCCCCCC(=O)CCCC(O[Si](C)(C)C(C)(C)C)C(C)C. The lowest BCUT2D eigenvalue weighted by Gasteiger charge is -2.40. The molecule has 138 valence electrons. The first-order chi connectivity index (χ1) is 10.5. The van der Waals surface area contributed by atoms with Gasteiger partial charge in [0, 0.05) is 18.9 Å². The van der Waals surface area contributed by atoms with Crippen LogP contribution >= 0.6 is 0 Å². The fourth-order valence-electron chi connectivity index (χ4n) is 2.46. The minimum absolute atomic E-state index is 0.245. The third kappa shape index (κ3) is 9.66. The second kappa shape index (κ2) is 10.7. The zero-order valence-electron chi connectivity index (χ0n) is 17.1. The highest BCUT2D eigenvalue weighted by atomic mass is 28.4. The first-order valence-corrected chi connectivity index (χ1v) is 12.6. The minimum Gasteiger partial charge on any atom is -0.414 e. The summed E-state index contributed by atoms with van der Waals surface area (Å²) in [6.07, 6.45) is 8.55. The molecule has 1 atom stereocenters. The van der Waals surface area contributed by atoms with Gasteiger partial charge in [-0.15, -0.1) is 0 Å². The van der Waals surface area contributed by atoms with Crippen LogP contribution in [0, 0.1) is 5.92 Å². The normalized spacial score (nSPS) is 14.3. The second-order valence-electron chi connectivity index (χ2n) is 8.90. The summed E-state index contributed by atoms with van der Waals surface area (Å²) < 4.78 is 6.59. The van der Waals surface area contributed by atoms with Crippen molar-refractivity contribution in [3.05, 3.63) is 0 Å². The lowest BCUT2D eigenvalue weighted by molar-refractivity contribution is -0.119. The molecular weight excluding hydrogens is 300 g/mol. The maximum absolute atomic E-state index is 12.0. The van der Waals surface area contributed by atoms with Crippen LogP contribution in [0.2, 0.25) is 18.1 Å². The summed E-state index contributed by atoms with van der Waals surface area (Å²) in [5.41, 5.74) is 0. The molecule has 23 heavy (non-hydrogen) atoms. The number of carbonyl (C=O) groups excluding carboxylic acids is 1. The maximum atomic E-state index is 12.0. The molecule has 0 amide bonds. The van der Waals surface area contributed by atoms with Crippen molar-refractivity contribution < 1.29 is 9.22 Å². The van der Waals surface area contributed by atoms with E-state index in [1.165, 1.54) is 19.3 Å². The summed E-state index contributed by atoms with van der Waals surface area (Å²) in [5, 5.41) is 0.245. The van der Waals surface area contributed by atoms with E-state index in [0.29, 0.717) is 17.8 Å². The van der Waals surface area contributed by atoms with Gasteiger partial charge in [-0.2, -0.15) is 0 Å². The molecule has 0 rings (SSSR count). The van der Waals surface area contributed by atoms with Gasteiger partial charge in [0.2, 0.25) is 0 Å². The average Bonchev–Trinajstić information content (AvgIpc) is 2.41. The van der Waals surface area contributed by atoms with Crippen LogP contribution in [0.25, 0.3) is 0 Å². The molecule has 0 fully saturated rings. The number of carbonyl (C=O) groups is 1. The molecule has 0 heterocycles. The van der Waals surface area contributed by atoms with Crippen molar-refractivity contribution in [2.45, 2.75) is 117 Å². The number of hydrogen-bond acceptors (Lipinski definition) is 2. The molecule has 0 aliphatic carbocycles. The smallest absolute Gasteiger partial charge is 0.192 e. The van der Waals surface area contributed by atoms with Crippen molar-refractivity contribution in [3.8, 4) is 0 Å². The van der Waals surface area contributed by atoms with Gasteiger partial charge in [-0.25, -0.2) is 0 Å². The molecule has 0 aromatic rings. The zero-order valence-corrected chi connectivity index (χ0v) is 18.1. The third-order valence-electron chi connectivity index (χ3n) is 5.25. The Labute approximate surface area is 146 Å². The highest BCUT2D eigenvalue weighted by Gasteiger charge is 2.39. The summed E-state index contributed by atoms with van der Waals surface area (Å²) in [6.45, 7) is 18.2. The fraction of sp³-hybridized carbons (Fsp3) is 0.950. The summed E-state index contributed by atoms with van der Waals surface area (Å²) in [5.74, 6) is 0.958. The number of ketones is 1. The number of unbranched alkanes of at least 4 members (excludes halogenated alkanes) is 3. The van der Waals surface area contributed by atoms with E-state index < -0.39 is 8.32 Å². The molecule has 0 aromatic heterocycles. The number of rotatable bonds is 12. The maximum Gasteiger partial charge on any atom is 0.192 e. The molecule has 1 unspecified atom stereocenters. The van der Waals surface area contributed by atoms with Gasteiger partial charge in [-0.05, 0) is 43.3 Å². The fourth-order valence-corrected chi connectivity index (χ4v) is 3.96. The quantitative estimate of drug-likeness (QED) is 0.290. The van der Waals surface area contributed by atoms with Gasteiger partial charge in [0.15, 0.2) is 8.32 Å². The predicted molar refractivity (Wildman–Crippen MR) is 105 cm³/mol. The van der Waals surface area contributed by atoms with E-state index in [4.69, 9.17) is 4.43 Å². The van der Waals surface area contributed by atoms with Crippen LogP contribution in [-0.2, 0) is 9.22 Å². The van der Waals surface area contributed by atoms with E-state index in [2.05, 4.69) is 54.6 Å². The van der Waals surface area contributed by atoms with Crippen LogP contribution in [0.1, 0.15) is 92.9 Å². The molecule has 0 aliphatic rings. The number of Topliss-reactive ketones (excluding diaryl/α,β-unsaturated/α-hetero) is 1. The largest absolute Gasteiger partial charge is 0.414 e. The molecule has 0 saturated heterocycles. The predicted octanol–water partition coefficient (Wildman–Crippen LogP) is 6.74. The Morgan fingerprint density at radius 2 is 1.57 bits per heavy atom. The molecule has 0 radical (unpaired) electrons. The molecular formula is C20H42O2Si. The topological polar surface area (TPSA) is 26.3 Å². The van der Waals surface area contributed by atoms with Crippen molar-refractivity contribution in [1.82, 2.24) is 0 Å². The number of hydrogen-bond donors (Lipinski definition) is 0. The van der Waals surface area contributed by atoms with E-state index in [9.17, 15) is 4.79 Å². The summed E-state index contributed by atoms with van der Waals surface area (Å²) in [7, 11) is -1.72. The van der Waals surface area contributed by atoms with Crippen LogP contribution in [0.5, 0.6) is 0 Å². The Bertz CT molecular complexity index is 329. The Morgan fingerprint density at radius 3 is 2.04 bits per heavy atom. The molecule has 0 bridgehead atoms. The average molecular weight is 343 g/mol. The molecule has 2 nitrogen and oxygen atoms in total. The third-order valence-corrected chi connectivity index (χ3v) is 9.75. The van der Waals surface area contributed by atoms with Gasteiger partial charge < -0.3 is 4.43 Å². The summed E-state index contributed by atoms with van der Waals surface area (Å²) >= 11 is 0. The van der Waals surface area contributed by atoms with Crippen LogP contribution in [-0.4, -0.2) is 20.2 Å². The van der Waals surface area contributed by atoms with Crippen molar-refractivity contribution in [2.75, 3.05) is 0 Å². The molecule has 0 N–H and O–H groups in total. The van der Waals surface area contributed by atoms with Crippen molar-refractivity contribution in [3.63, 3.8) is 0 Å². The zero-order chi connectivity index (χ0) is 18.1. The van der Waals surface area contributed by atoms with Crippen LogP contribution in [0.3, 0.4) is 0 Å². The van der Waals surface area contributed by atoms with Crippen LogP contribution in [0.4, 0.5) is 0 Å². The molecule has 3 heteroatoms. The van der Waals surface area contributed by atoms with Gasteiger partial charge in [-0.3, -0.25) is 4.79 Å². The standard InChI is InChI=1S/C20H42O2Si/c1-9-10-11-12-14-18(21)15-13-16-19(17(2)3)22-23(7,8)20(4,5)6/h17,19H,9-16H2,1-8H3. The van der Waals surface area contributed by atoms with Crippen molar-refractivity contribution >= 4 is 14.1 Å². The molecule has 0 saturated carbocycles. The van der Waals surface area contributed by atoms with Gasteiger partial charge in [0.25, 0.3) is 0 Å². The minimum atomic E-state index is -1.72. The first kappa shape index (κ1) is 22.8. The van der Waals surface area contributed by atoms with Gasteiger partial charge in [0.1, 0.15) is 5.78 Å². The Kier molecular flexibility index (Phi) is 10.6. The molecule has 0 aliphatic heterocycles. The molecule has 0 spiro atoms. The lowest BCUT2D eigenvalue weighted by Crippen LogP contribution is -2.45. The van der Waals surface area contributed by atoms with Crippen LogP contribution in [0.15, 0.2) is 0 Å². The summed E-state index contributed by atoms with van der Waals surface area (Å²) in [6, 6.07) is 0. The Hall–Kier alpha value is -0.153. The van der Waals surface area contributed by atoms with Crippen molar-refractivity contribution in [2.24, 2.45) is 5.92 Å². The highest BCUT2D eigenvalue weighted by molar-refractivity contribution is 6.74. The Morgan fingerprint density at radius 1 is 1.00 bits per heavy atom. The monoisotopic (exact) mass is 342 g/mol. The van der Waals surface area contributed by atoms with Gasteiger partial charge in [0.05, 0.1) is 0 Å². The molecule has 0 aromatic carbocycles. The first-order valence-electron chi connectivity index (χ1n) is 9.70. The van der Waals surface area contributed by atoms with Gasteiger partial charge >= 0.3 is 0 Å². The van der Waals surface area contributed by atoms with E-state index in [0.717, 1.165) is 32.1 Å².